The van der Waals surface area contributed by atoms with Gasteiger partial charge in [0.2, 0.25) is 0 Å². The molecule has 1 unspecified atom stereocenters. The van der Waals surface area contributed by atoms with Crippen molar-refractivity contribution in [3.63, 3.8) is 0 Å². The van der Waals surface area contributed by atoms with Gasteiger partial charge in [-0.25, -0.2) is 0 Å². The first-order chi connectivity index (χ1) is 7.61. The second-order valence-electron chi connectivity index (χ2n) is 4.72. The van der Waals surface area contributed by atoms with Crippen LogP contribution in [-0.4, -0.2) is 18.8 Å². The predicted octanol–water partition coefficient (Wildman–Crippen LogP) is 3.28. The number of rotatable bonds is 3. The van der Waals surface area contributed by atoms with Gasteiger partial charge in [-0.2, -0.15) is 0 Å². The molecule has 1 aliphatic heterocycles. The summed E-state index contributed by atoms with van der Waals surface area (Å²) in [5.74, 6) is 0.900. The van der Waals surface area contributed by atoms with Gasteiger partial charge in [-0.1, -0.05) is 30.4 Å². The highest BCUT2D eigenvalue weighted by atomic mass is 16.5. The van der Waals surface area contributed by atoms with E-state index in [0.29, 0.717) is 0 Å². The van der Waals surface area contributed by atoms with Crippen LogP contribution >= 0.6 is 0 Å². The molecule has 1 aliphatic rings. The third-order valence-corrected chi connectivity index (χ3v) is 2.79. The number of hydrogen-bond donors (Lipinski definition) is 0. The quantitative estimate of drug-likeness (QED) is 0.775. The van der Waals surface area contributed by atoms with E-state index >= 15 is 0 Å². The first-order valence-corrected chi connectivity index (χ1v) is 5.60. The van der Waals surface area contributed by atoms with Crippen molar-refractivity contribution < 1.29 is 9.47 Å². The van der Waals surface area contributed by atoms with Crippen molar-refractivity contribution in [3.05, 3.63) is 35.9 Å². The molecule has 1 heterocycles. The highest BCUT2D eigenvalue weighted by Gasteiger charge is 2.35. The Morgan fingerprint density at radius 1 is 1.38 bits per heavy atom. The van der Waals surface area contributed by atoms with Crippen LogP contribution < -0.4 is 4.74 Å². The average molecular weight is 218 g/mol. The van der Waals surface area contributed by atoms with Crippen LogP contribution in [0.3, 0.4) is 0 Å². The van der Waals surface area contributed by atoms with Crippen molar-refractivity contribution in [1.82, 2.24) is 0 Å². The van der Waals surface area contributed by atoms with E-state index in [-0.39, 0.29) is 11.7 Å². The molecular weight excluding hydrogens is 200 g/mol. The van der Waals surface area contributed by atoms with Gasteiger partial charge in [0.05, 0.1) is 18.8 Å². The fraction of sp³-hybridized carbons (Fsp3) is 0.429. The van der Waals surface area contributed by atoms with Crippen LogP contribution in [0.1, 0.15) is 25.8 Å². The molecule has 0 radical (unpaired) electrons. The highest BCUT2D eigenvalue weighted by Crippen LogP contribution is 2.33. The van der Waals surface area contributed by atoms with Gasteiger partial charge in [-0.15, -0.1) is 0 Å². The first kappa shape index (κ1) is 11.2. The molecule has 0 aromatic heterocycles. The van der Waals surface area contributed by atoms with Crippen LogP contribution in [0.25, 0.3) is 6.08 Å². The summed E-state index contributed by atoms with van der Waals surface area (Å²) in [5, 5.41) is 0. The molecule has 16 heavy (non-hydrogen) atoms. The number of methoxy groups -OCH3 is 1. The van der Waals surface area contributed by atoms with E-state index in [4.69, 9.17) is 9.47 Å². The Labute approximate surface area is 96.9 Å². The summed E-state index contributed by atoms with van der Waals surface area (Å²) in [7, 11) is 1.69. The topological polar surface area (TPSA) is 18.5 Å². The molecule has 0 spiro atoms. The molecule has 2 heteroatoms. The summed E-state index contributed by atoms with van der Waals surface area (Å²) in [4.78, 5) is 0. The molecule has 1 aromatic carbocycles. The Kier molecular flexibility index (Phi) is 3.01. The third kappa shape index (κ3) is 2.45. The standard InChI is InChI=1S/C14H18O2/c1-14(2)10-12(16-14)9-8-11-6-4-5-7-13(11)15-3/h4-9,12H,10H2,1-3H3/b9-8+. The fourth-order valence-corrected chi connectivity index (χ4v) is 2.01. The summed E-state index contributed by atoms with van der Waals surface area (Å²) in [6, 6.07) is 7.98. The largest absolute Gasteiger partial charge is 0.496 e. The fourth-order valence-electron chi connectivity index (χ4n) is 2.01. The minimum absolute atomic E-state index is 0.0514. The van der Waals surface area contributed by atoms with Crippen molar-refractivity contribution in [1.29, 1.82) is 0 Å². The lowest BCUT2D eigenvalue weighted by atomic mass is 9.92. The van der Waals surface area contributed by atoms with Crippen molar-refractivity contribution in [2.45, 2.75) is 32.0 Å². The Balaban J connectivity index is 2.01. The molecule has 1 aromatic rings. The predicted molar refractivity (Wildman–Crippen MR) is 65.6 cm³/mol. The maximum atomic E-state index is 5.69. The number of para-hydroxylation sites is 1. The van der Waals surface area contributed by atoms with E-state index in [1.54, 1.807) is 7.11 Å². The second-order valence-corrected chi connectivity index (χ2v) is 4.72. The summed E-state index contributed by atoms with van der Waals surface area (Å²) in [6.45, 7) is 4.22. The Morgan fingerprint density at radius 3 is 2.69 bits per heavy atom. The van der Waals surface area contributed by atoms with Gasteiger partial charge in [0, 0.05) is 12.0 Å². The minimum atomic E-state index is 0.0514. The number of benzene rings is 1. The third-order valence-electron chi connectivity index (χ3n) is 2.79. The van der Waals surface area contributed by atoms with Gasteiger partial charge >= 0.3 is 0 Å². The van der Waals surface area contributed by atoms with Gasteiger partial charge in [-0.05, 0) is 19.9 Å². The van der Waals surface area contributed by atoms with E-state index in [1.165, 1.54) is 0 Å². The van der Waals surface area contributed by atoms with Crippen LogP contribution in [0.4, 0.5) is 0 Å². The lowest BCUT2D eigenvalue weighted by molar-refractivity contribution is -0.161. The van der Waals surface area contributed by atoms with E-state index < -0.39 is 0 Å². The molecule has 0 N–H and O–H groups in total. The van der Waals surface area contributed by atoms with Crippen LogP contribution in [-0.2, 0) is 4.74 Å². The lowest BCUT2D eigenvalue weighted by Crippen LogP contribution is -2.44. The van der Waals surface area contributed by atoms with Crippen molar-refractivity contribution >= 4 is 6.08 Å². The summed E-state index contributed by atoms with van der Waals surface area (Å²) >= 11 is 0. The molecule has 1 fully saturated rings. The first-order valence-electron chi connectivity index (χ1n) is 5.60. The van der Waals surface area contributed by atoms with Gasteiger partial charge in [0.25, 0.3) is 0 Å². The minimum Gasteiger partial charge on any atom is -0.496 e. The maximum Gasteiger partial charge on any atom is 0.126 e. The average Bonchev–Trinajstić information content (AvgIpc) is 2.23. The second kappa shape index (κ2) is 4.30. The zero-order chi connectivity index (χ0) is 11.6. The summed E-state index contributed by atoms with van der Waals surface area (Å²) in [5.41, 5.74) is 1.15. The molecular formula is C14H18O2. The van der Waals surface area contributed by atoms with Crippen molar-refractivity contribution in [3.8, 4) is 5.75 Å². The van der Waals surface area contributed by atoms with Gasteiger partial charge < -0.3 is 9.47 Å². The SMILES string of the molecule is COc1ccccc1/C=C/C1CC(C)(C)O1. The normalized spacial score (nSPS) is 23.1. The Morgan fingerprint density at radius 2 is 2.06 bits per heavy atom. The molecule has 0 saturated carbocycles. The summed E-state index contributed by atoms with van der Waals surface area (Å²) in [6.07, 6.45) is 5.50. The van der Waals surface area contributed by atoms with E-state index in [1.807, 2.05) is 24.3 Å². The summed E-state index contributed by atoms with van der Waals surface area (Å²) < 4.78 is 11.0. The molecule has 0 bridgehead atoms. The molecule has 0 amide bonds. The molecule has 2 rings (SSSR count). The number of ether oxygens (including phenoxy) is 2. The zero-order valence-corrected chi connectivity index (χ0v) is 10.1. The van der Waals surface area contributed by atoms with Gasteiger partial charge in [-0.3, -0.25) is 0 Å². The van der Waals surface area contributed by atoms with E-state index in [9.17, 15) is 0 Å². The van der Waals surface area contributed by atoms with Crippen LogP contribution in [0.5, 0.6) is 5.75 Å². The van der Waals surface area contributed by atoms with Crippen LogP contribution in [0.15, 0.2) is 30.3 Å². The highest BCUT2D eigenvalue weighted by molar-refractivity contribution is 5.57. The smallest absolute Gasteiger partial charge is 0.126 e. The molecule has 86 valence electrons. The van der Waals surface area contributed by atoms with Crippen molar-refractivity contribution in [2.75, 3.05) is 7.11 Å². The maximum absolute atomic E-state index is 5.69. The molecule has 1 atom stereocenters. The van der Waals surface area contributed by atoms with Crippen LogP contribution in [0, 0.1) is 0 Å². The van der Waals surface area contributed by atoms with E-state index in [2.05, 4.69) is 26.0 Å². The van der Waals surface area contributed by atoms with Gasteiger partial charge in [0.1, 0.15) is 5.75 Å². The monoisotopic (exact) mass is 218 g/mol. The van der Waals surface area contributed by atoms with Crippen LogP contribution in [0.2, 0.25) is 0 Å². The van der Waals surface area contributed by atoms with E-state index in [0.717, 1.165) is 17.7 Å². The zero-order valence-electron chi connectivity index (χ0n) is 10.1. The molecule has 0 aliphatic carbocycles. The molecule has 1 saturated heterocycles. The molecule has 2 nitrogen and oxygen atoms in total. The Hall–Kier alpha value is -1.28. The van der Waals surface area contributed by atoms with Crippen molar-refractivity contribution in [2.24, 2.45) is 0 Å². The Bertz CT molecular complexity index is 385. The number of hydrogen-bond acceptors (Lipinski definition) is 2. The van der Waals surface area contributed by atoms with Gasteiger partial charge in [0.15, 0.2) is 0 Å². The lowest BCUT2D eigenvalue weighted by Gasteiger charge is -2.41.